The maximum atomic E-state index is 12.9. The zero-order valence-electron chi connectivity index (χ0n) is 11.6. The van der Waals surface area contributed by atoms with Crippen molar-refractivity contribution in [3.05, 3.63) is 35.6 Å². The summed E-state index contributed by atoms with van der Waals surface area (Å²) in [5.74, 6) is -1.11. The summed E-state index contributed by atoms with van der Waals surface area (Å²) in [6.07, 6.45) is 2.94. The Morgan fingerprint density at radius 2 is 1.95 bits per heavy atom. The normalized spacial score (nSPS) is 25.8. The lowest BCUT2D eigenvalue weighted by atomic mass is 9.66. The Morgan fingerprint density at radius 1 is 1.29 bits per heavy atom. The molecule has 0 bridgehead atoms. The molecule has 2 fully saturated rings. The first-order chi connectivity index (χ1) is 10.00. The molecule has 0 heterocycles. The summed E-state index contributed by atoms with van der Waals surface area (Å²) in [6, 6.07) is 6.35. The molecule has 0 spiro atoms. The van der Waals surface area contributed by atoms with E-state index in [1.54, 1.807) is 12.1 Å². The van der Waals surface area contributed by atoms with Gasteiger partial charge in [-0.1, -0.05) is 18.6 Å². The maximum Gasteiger partial charge on any atom is 0.310 e. The van der Waals surface area contributed by atoms with Gasteiger partial charge in [-0.2, -0.15) is 0 Å². The predicted molar refractivity (Wildman–Crippen MR) is 74.2 cm³/mol. The monoisotopic (exact) mass is 291 g/mol. The minimum Gasteiger partial charge on any atom is -0.481 e. The van der Waals surface area contributed by atoms with Crippen LogP contribution in [0.4, 0.5) is 4.39 Å². The summed E-state index contributed by atoms with van der Waals surface area (Å²) < 4.78 is 12.9. The van der Waals surface area contributed by atoms with Crippen molar-refractivity contribution in [1.29, 1.82) is 0 Å². The van der Waals surface area contributed by atoms with Crippen LogP contribution in [0.15, 0.2) is 24.3 Å². The smallest absolute Gasteiger partial charge is 0.310 e. The minimum absolute atomic E-state index is 0.0499. The molecule has 0 saturated heterocycles. The standard InChI is InChI=1S/C16H18FNO3/c17-11-4-2-10(3-5-11)12-8-13(12)18-14(19)9-16(15(20)21)6-1-7-16/h2-5,12-13H,1,6-9H2,(H,18,19)(H,20,21)/t12-,13+/m0/s1. The third kappa shape index (κ3) is 2.77. The van der Waals surface area contributed by atoms with E-state index in [9.17, 15) is 19.1 Å². The molecule has 3 rings (SSSR count). The molecule has 112 valence electrons. The van der Waals surface area contributed by atoms with E-state index in [1.165, 1.54) is 12.1 Å². The summed E-state index contributed by atoms with van der Waals surface area (Å²) in [7, 11) is 0. The van der Waals surface area contributed by atoms with Gasteiger partial charge in [0.15, 0.2) is 0 Å². The number of amides is 1. The van der Waals surface area contributed by atoms with E-state index in [0.717, 1.165) is 18.4 Å². The van der Waals surface area contributed by atoms with Crippen LogP contribution >= 0.6 is 0 Å². The van der Waals surface area contributed by atoms with Gasteiger partial charge in [0.2, 0.25) is 5.91 Å². The Kier molecular flexibility index (Phi) is 3.43. The Hall–Kier alpha value is -1.91. The number of carbonyl (C=O) groups is 2. The predicted octanol–water partition coefficient (Wildman–Crippen LogP) is 2.44. The van der Waals surface area contributed by atoms with E-state index < -0.39 is 11.4 Å². The number of hydrogen-bond donors (Lipinski definition) is 2. The molecule has 2 aliphatic carbocycles. The molecular weight excluding hydrogens is 273 g/mol. The second-order valence-corrected chi connectivity index (χ2v) is 6.18. The first-order valence-corrected chi connectivity index (χ1v) is 7.28. The lowest BCUT2D eigenvalue weighted by Gasteiger charge is -2.36. The largest absolute Gasteiger partial charge is 0.481 e. The van der Waals surface area contributed by atoms with Crippen molar-refractivity contribution in [2.24, 2.45) is 5.41 Å². The second kappa shape index (κ2) is 5.13. The first kappa shape index (κ1) is 14.0. The Balaban J connectivity index is 1.53. The molecule has 5 heteroatoms. The summed E-state index contributed by atoms with van der Waals surface area (Å²) >= 11 is 0. The molecule has 0 aromatic heterocycles. The van der Waals surface area contributed by atoms with Crippen LogP contribution in [0.25, 0.3) is 0 Å². The highest BCUT2D eigenvalue weighted by atomic mass is 19.1. The number of benzene rings is 1. The van der Waals surface area contributed by atoms with Crippen LogP contribution in [-0.2, 0) is 9.59 Å². The average Bonchev–Trinajstić information content (AvgIpc) is 3.13. The molecule has 21 heavy (non-hydrogen) atoms. The maximum absolute atomic E-state index is 12.9. The summed E-state index contributed by atoms with van der Waals surface area (Å²) in [4.78, 5) is 23.2. The van der Waals surface area contributed by atoms with Gasteiger partial charge in [0.05, 0.1) is 5.41 Å². The van der Waals surface area contributed by atoms with Crippen LogP contribution in [-0.4, -0.2) is 23.0 Å². The van der Waals surface area contributed by atoms with Gasteiger partial charge in [-0.15, -0.1) is 0 Å². The van der Waals surface area contributed by atoms with E-state index in [1.807, 2.05) is 0 Å². The molecule has 0 radical (unpaired) electrons. The molecule has 1 aromatic carbocycles. The number of carbonyl (C=O) groups excluding carboxylic acids is 1. The number of nitrogens with one attached hydrogen (secondary N) is 1. The second-order valence-electron chi connectivity index (χ2n) is 6.18. The van der Waals surface area contributed by atoms with E-state index in [4.69, 9.17) is 0 Å². The highest BCUT2D eigenvalue weighted by molar-refractivity contribution is 5.86. The lowest BCUT2D eigenvalue weighted by molar-refractivity contribution is -0.157. The van der Waals surface area contributed by atoms with Crippen LogP contribution < -0.4 is 5.32 Å². The van der Waals surface area contributed by atoms with Gasteiger partial charge in [0, 0.05) is 18.4 Å². The van der Waals surface area contributed by atoms with Gasteiger partial charge in [0.1, 0.15) is 5.82 Å². The van der Waals surface area contributed by atoms with Gasteiger partial charge >= 0.3 is 5.97 Å². The quantitative estimate of drug-likeness (QED) is 0.875. The molecule has 0 unspecified atom stereocenters. The molecule has 1 aromatic rings. The van der Waals surface area contributed by atoms with E-state index in [-0.39, 0.29) is 30.1 Å². The minimum atomic E-state index is -0.866. The van der Waals surface area contributed by atoms with Crippen molar-refractivity contribution in [3.8, 4) is 0 Å². The first-order valence-electron chi connectivity index (χ1n) is 7.28. The lowest BCUT2D eigenvalue weighted by Crippen LogP contribution is -2.43. The van der Waals surface area contributed by atoms with Crippen LogP contribution in [0.1, 0.15) is 43.6 Å². The fraction of sp³-hybridized carbons (Fsp3) is 0.500. The number of hydrogen-bond acceptors (Lipinski definition) is 2. The van der Waals surface area contributed by atoms with Crippen LogP contribution in [0, 0.1) is 11.2 Å². The molecule has 4 nitrogen and oxygen atoms in total. The van der Waals surface area contributed by atoms with E-state index >= 15 is 0 Å². The summed E-state index contributed by atoms with van der Waals surface area (Å²) in [5.41, 5.74) is 0.169. The Morgan fingerprint density at radius 3 is 2.48 bits per heavy atom. The van der Waals surface area contributed by atoms with Gasteiger partial charge in [-0.3, -0.25) is 9.59 Å². The van der Waals surface area contributed by atoms with Crippen molar-refractivity contribution in [2.75, 3.05) is 0 Å². The number of halogens is 1. The van der Waals surface area contributed by atoms with Crippen molar-refractivity contribution in [3.63, 3.8) is 0 Å². The van der Waals surface area contributed by atoms with Gasteiger partial charge in [-0.25, -0.2) is 4.39 Å². The third-order valence-corrected chi connectivity index (χ3v) is 4.70. The van der Waals surface area contributed by atoms with Gasteiger partial charge < -0.3 is 10.4 Å². The molecule has 2 N–H and O–H groups in total. The van der Waals surface area contributed by atoms with Crippen molar-refractivity contribution in [1.82, 2.24) is 5.32 Å². The van der Waals surface area contributed by atoms with E-state index in [2.05, 4.69) is 5.32 Å². The average molecular weight is 291 g/mol. The molecule has 2 atom stereocenters. The van der Waals surface area contributed by atoms with Crippen molar-refractivity contribution in [2.45, 2.75) is 44.1 Å². The number of carboxylic acids is 1. The third-order valence-electron chi connectivity index (χ3n) is 4.70. The summed E-state index contributed by atoms with van der Waals surface area (Å²) in [6.45, 7) is 0. The van der Waals surface area contributed by atoms with Crippen LogP contribution in [0.3, 0.4) is 0 Å². The Bertz CT molecular complexity index is 565. The highest BCUT2D eigenvalue weighted by Crippen LogP contribution is 2.45. The molecule has 2 aliphatic rings. The SMILES string of the molecule is O=C(CC1(C(=O)O)CCC1)N[C@@H]1C[C@H]1c1ccc(F)cc1. The highest BCUT2D eigenvalue weighted by Gasteiger charge is 2.47. The molecule has 0 aliphatic heterocycles. The van der Waals surface area contributed by atoms with Gasteiger partial charge in [-0.05, 0) is 37.0 Å². The number of aliphatic carboxylic acids is 1. The van der Waals surface area contributed by atoms with Gasteiger partial charge in [0.25, 0.3) is 0 Å². The van der Waals surface area contributed by atoms with Crippen LogP contribution in [0.2, 0.25) is 0 Å². The molecular formula is C16H18FNO3. The summed E-state index contributed by atoms with van der Waals surface area (Å²) in [5, 5.41) is 12.1. The fourth-order valence-electron chi connectivity index (χ4n) is 3.07. The topological polar surface area (TPSA) is 66.4 Å². The number of carboxylic acid groups (broad SMARTS) is 1. The molecule has 2 saturated carbocycles. The number of rotatable bonds is 5. The molecule has 1 amide bonds. The van der Waals surface area contributed by atoms with Crippen LogP contribution in [0.5, 0.6) is 0 Å². The van der Waals surface area contributed by atoms with Crippen molar-refractivity contribution < 1.29 is 19.1 Å². The van der Waals surface area contributed by atoms with E-state index in [0.29, 0.717) is 12.8 Å². The zero-order valence-corrected chi connectivity index (χ0v) is 11.6. The van der Waals surface area contributed by atoms with Crippen molar-refractivity contribution >= 4 is 11.9 Å². The Labute approximate surface area is 122 Å². The fourth-order valence-corrected chi connectivity index (χ4v) is 3.07. The zero-order chi connectivity index (χ0) is 15.0.